The van der Waals surface area contributed by atoms with E-state index < -0.39 is 11.7 Å². The van der Waals surface area contributed by atoms with Gasteiger partial charge in [-0.15, -0.1) is 11.8 Å². The maximum Gasteiger partial charge on any atom is 0.258 e. The van der Waals surface area contributed by atoms with Crippen LogP contribution < -0.4 is 5.32 Å². The molecule has 0 heterocycles. The lowest BCUT2D eigenvalue weighted by molar-refractivity contribution is 0.102. The third kappa shape index (κ3) is 3.26. The average molecular weight is 277 g/mol. The lowest BCUT2D eigenvalue weighted by Gasteiger charge is -2.07. The fourth-order valence-electron chi connectivity index (χ4n) is 1.56. The fraction of sp³-hybridized carbons (Fsp3) is 0.0714. The Bertz CT molecular complexity index is 599. The molecule has 0 saturated heterocycles. The highest BCUT2D eigenvalue weighted by Gasteiger charge is 2.12. The Hall–Kier alpha value is -2.01. The Morgan fingerprint density at radius 2 is 1.89 bits per heavy atom. The number of nitrogens with one attached hydrogen (secondary N) is 1. The molecule has 0 aliphatic heterocycles. The minimum atomic E-state index is -0.752. The van der Waals surface area contributed by atoms with Crippen LogP contribution in [0.5, 0.6) is 5.75 Å². The van der Waals surface area contributed by atoms with Gasteiger partial charge in [0, 0.05) is 16.6 Å². The van der Waals surface area contributed by atoms with E-state index in [2.05, 4.69) is 5.32 Å². The van der Waals surface area contributed by atoms with Gasteiger partial charge in [0.15, 0.2) is 0 Å². The molecule has 19 heavy (non-hydrogen) atoms. The summed E-state index contributed by atoms with van der Waals surface area (Å²) in [5, 5.41) is 11.7. The van der Waals surface area contributed by atoms with Gasteiger partial charge in [-0.1, -0.05) is 0 Å². The number of phenolic OH excluding ortho intramolecular Hbond substituents is 1. The first-order chi connectivity index (χ1) is 9.10. The maximum absolute atomic E-state index is 13.5. The molecule has 2 aromatic carbocycles. The highest BCUT2D eigenvalue weighted by molar-refractivity contribution is 7.98. The second-order valence-corrected chi connectivity index (χ2v) is 4.73. The highest BCUT2D eigenvalue weighted by Crippen LogP contribution is 2.19. The first kappa shape index (κ1) is 13.4. The summed E-state index contributed by atoms with van der Waals surface area (Å²) >= 11 is 1.60. The minimum Gasteiger partial charge on any atom is -0.508 e. The fourth-order valence-corrected chi connectivity index (χ4v) is 1.97. The molecule has 0 atom stereocenters. The van der Waals surface area contributed by atoms with Crippen molar-refractivity contribution in [1.29, 1.82) is 0 Å². The smallest absolute Gasteiger partial charge is 0.258 e. The van der Waals surface area contributed by atoms with E-state index in [1.165, 1.54) is 12.1 Å². The van der Waals surface area contributed by atoms with E-state index in [1.54, 1.807) is 23.9 Å². The number of rotatable bonds is 3. The van der Waals surface area contributed by atoms with Crippen molar-refractivity contribution < 1.29 is 14.3 Å². The second-order valence-electron chi connectivity index (χ2n) is 3.85. The van der Waals surface area contributed by atoms with Crippen LogP contribution in [0.1, 0.15) is 10.4 Å². The van der Waals surface area contributed by atoms with Gasteiger partial charge in [0.05, 0.1) is 5.56 Å². The number of carbonyl (C=O) groups excluding carboxylic acids is 1. The van der Waals surface area contributed by atoms with Crippen molar-refractivity contribution in [2.24, 2.45) is 0 Å². The molecule has 0 unspecified atom stereocenters. The van der Waals surface area contributed by atoms with Gasteiger partial charge in [-0.25, -0.2) is 4.39 Å². The van der Waals surface area contributed by atoms with Gasteiger partial charge in [0.1, 0.15) is 11.6 Å². The second kappa shape index (κ2) is 5.75. The van der Waals surface area contributed by atoms with Gasteiger partial charge in [-0.05, 0) is 42.7 Å². The zero-order valence-corrected chi connectivity index (χ0v) is 11.0. The number of anilines is 1. The van der Waals surface area contributed by atoms with Gasteiger partial charge in [0.25, 0.3) is 5.91 Å². The van der Waals surface area contributed by atoms with Crippen LogP contribution in [0.15, 0.2) is 47.4 Å². The third-order valence-electron chi connectivity index (χ3n) is 2.55. The molecule has 2 N–H and O–H groups in total. The zero-order valence-electron chi connectivity index (χ0n) is 10.2. The molecular formula is C14H12FNO2S. The number of thioether (sulfide) groups is 1. The van der Waals surface area contributed by atoms with Crippen molar-refractivity contribution in [3.05, 3.63) is 53.8 Å². The lowest BCUT2D eigenvalue weighted by atomic mass is 10.2. The molecule has 0 fully saturated rings. The van der Waals surface area contributed by atoms with Crippen molar-refractivity contribution in [2.45, 2.75) is 4.90 Å². The van der Waals surface area contributed by atoms with Crippen molar-refractivity contribution >= 4 is 23.4 Å². The van der Waals surface area contributed by atoms with Crippen molar-refractivity contribution in [3.8, 4) is 5.75 Å². The maximum atomic E-state index is 13.5. The zero-order chi connectivity index (χ0) is 13.8. The van der Waals surface area contributed by atoms with Crippen molar-refractivity contribution in [3.63, 3.8) is 0 Å². The summed E-state index contributed by atoms with van der Waals surface area (Å²) in [5.74, 6) is -1.51. The summed E-state index contributed by atoms with van der Waals surface area (Å²) < 4.78 is 13.5. The molecule has 0 saturated carbocycles. The molecule has 5 heteroatoms. The number of phenols is 1. The molecule has 0 aliphatic rings. The minimum absolute atomic E-state index is 0.105. The molecule has 0 bridgehead atoms. The third-order valence-corrected chi connectivity index (χ3v) is 3.29. The Labute approximate surface area is 114 Å². The number of halogens is 1. The van der Waals surface area contributed by atoms with Crippen LogP contribution >= 0.6 is 11.8 Å². The average Bonchev–Trinajstić information content (AvgIpc) is 2.39. The molecule has 2 rings (SSSR count). The summed E-state index contributed by atoms with van der Waals surface area (Å²) in [6.07, 6.45) is 1.96. The van der Waals surface area contributed by atoms with Crippen LogP contribution in [0.3, 0.4) is 0 Å². The molecule has 2 aromatic rings. The Morgan fingerprint density at radius 1 is 1.21 bits per heavy atom. The Kier molecular flexibility index (Phi) is 4.06. The number of hydrogen-bond donors (Lipinski definition) is 2. The molecular weight excluding hydrogens is 265 g/mol. The number of carbonyl (C=O) groups is 1. The van der Waals surface area contributed by atoms with E-state index in [4.69, 9.17) is 5.11 Å². The molecule has 0 aliphatic carbocycles. The van der Waals surface area contributed by atoms with Gasteiger partial charge >= 0.3 is 0 Å². The van der Waals surface area contributed by atoms with Crippen LogP contribution in [0.4, 0.5) is 10.1 Å². The van der Waals surface area contributed by atoms with E-state index in [-0.39, 0.29) is 11.3 Å². The number of amides is 1. The summed E-state index contributed by atoms with van der Waals surface area (Å²) in [4.78, 5) is 12.9. The Morgan fingerprint density at radius 3 is 2.47 bits per heavy atom. The molecule has 0 aromatic heterocycles. The van der Waals surface area contributed by atoms with Gasteiger partial charge in [-0.3, -0.25) is 4.79 Å². The van der Waals surface area contributed by atoms with Crippen LogP contribution in [0.25, 0.3) is 0 Å². The largest absolute Gasteiger partial charge is 0.508 e. The number of benzene rings is 2. The number of hydrogen-bond acceptors (Lipinski definition) is 3. The normalized spacial score (nSPS) is 10.2. The van der Waals surface area contributed by atoms with E-state index in [9.17, 15) is 9.18 Å². The van der Waals surface area contributed by atoms with E-state index in [0.717, 1.165) is 11.0 Å². The van der Waals surface area contributed by atoms with Crippen LogP contribution in [-0.2, 0) is 0 Å². The van der Waals surface area contributed by atoms with E-state index in [1.807, 2.05) is 18.4 Å². The standard InChI is InChI=1S/C14H12FNO2S/c1-19-11-5-2-9(3-6-11)16-14(18)12-7-4-10(17)8-13(12)15/h2-8,17H,1H3,(H,16,18). The van der Waals surface area contributed by atoms with Crippen LogP contribution in [0.2, 0.25) is 0 Å². The SMILES string of the molecule is CSc1ccc(NC(=O)c2ccc(O)cc2F)cc1. The van der Waals surface area contributed by atoms with Crippen molar-refractivity contribution in [2.75, 3.05) is 11.6 Å². The van der Waals surface area contributed by atoms with Gasteiger partial charge in [0.2, 0.25) is 0 Å². The molecule has 98 valence electrons. The first-order valence-electron chi connectivity index (χ1n) is 5.54. The van der Waals surface area contributed by atoms with E-state index in [0.29, 0.717) is 5.69 Å². The predicted octanol–water partition coefficient (Wildman–Crippen LogP) is 3.51. The molecule has 0 spiro atoms. The summed E-state index contributed by atoms with van der Waals surface area (Å²) in [6, 6.07) is 10.7. The molecule has 1 amide bonds. The van der Waals surface area contributed by atoms with Crippen LogP contribution in [-0.4, -0.2) is 17.3 Å². The number of aromatic hydroxyl groups is 1. The first-order valence-corrected chi connectivity index (χ1v) is 6.76. The topological polar surface area (TPSA) is 49.3 Å². The highest BCUT2D eigenvalue weighted by atomic mass is 32.2. The summed E-state index contributed by atoms with van der Waals surface area (Å²) in [7, 11) is 0. The monoisotopic (exact) mass is 277 g/mol. The Balaban J connectivity index is 2.15. The van der Waals surface area contributed by atoms with Gasteiger partial charge < -0.3 is 10.4 Å². The summed E-state index contributed by atoms with van der Waals surface area (Å²) in [6.45, 7) is 0. The quantitative estimate of drug-likeness (QED) is 0.844. The predicted molar refractivity (Wildman–Crippen MR) is 74.2 cm³/mol. The summed E-state index contributed by atoms with van der Waals surface area (Å²) in [5.41, 5.74) is 0.488. The molecule has 3 nitrogen and oxygen atoms in total. The van der Waals surface area contributed by atoms with Gasteiger partial charge in [-0.2, -0.15) is 0 Å². The lowest BCUT2D eigenvalue weighted by Crippen LogP contribution is -2.13. The van der Waals surface area contributed by atoms with Crippen LogP contribution in [0, 0.1) is 5.82 Å². The molecule has 0 radical (unpaired) electrons. The van der Waals surface area contributed by atoms with E-state index >= 15 is 0 Å². The van der Waals surface area contributed by atoms with Crippen molar-refractivity contribution in [1.82, 2.24) is 0 Å².